The molecule has 1 aliphatic rings. The first-order chi connectivity index (χ1) is 10.0. The molecular formula is C18H29NO2. The van der Waals surface area contributed by atoms with E-state index >= 15 is 0 Å². The van der Waals surface area contributed by atoms with Crippen molar-refractivity contribution in [2.24, 2.45) is 5.92 Å². The minimum absolute atomic E-state index is 0.429. The number of methoxy groups -OCH3 is 1. The third kappa shape index (κ3) is 4.80. The van der Waals surface area contributed by atoms with Crippen LogP contribution >= 0.6 is 0 Å². The van der Waals surface area contributed by atoms with Crippen LogP contribution in [0, 0.1) is 19.8 Å². The Labute approximate surface area is 128 Å². The Kier molecular flexibility index (Phi) is 5.80. The highest BCUT2D eigenvalue weighted by atomic mass is 16.5. The Morgan fingerprint density at radius 2 is 1.86 bits per heavy atom. The Hall–Kier alpha value is -0.900. The number of aliphatic hydroxyl groups is 1. The second-order valence-corrected chi connectivity index (χ2v) is 6.50. The van der Waals surface area contributed by atoms with Crippen molar-refractivity contribution in [1.82, 2.24) is 4.90 Å². The van der Waals surface area contributed by atoms with Gasteiger partial charge in [-0.3, -0.25) is 4.90 Å². The van der Waals surface area contributed by atoms with Crippen LogP contribution in [0.3, 0.4) is 0 Å². The number of ether oxygens (including phenoxy) is 1. The molecule has 1 aromatic rings. The van der Waals surface area contributed by atoms with Crippen molar-refractivity contribution in [1.29, 1.82) is 0 Å². The van der Waals surface area contributed by atoms with Gasteiger partial charge >= 0.3 is 0 Å². The van der Waals surface area contributed by atoms with Gasteiger partial charge in [0.05, 0.1) is 12.7 Å². The lowest BCUT2D eigenvalue weighted by atomic mass is 10.0. The van der Waals surface area contributed by atoms with Crippen molar-refractivity contribution >= 4 is 0 Å². The molecule has 0 bridgehead atoms. The van der Waals surface area contributed by atoms with Gasteiger partial charge in [-0.2, -0.15) is 0 Å². The predicted molar refractivity (Wildman–Crippen MR) is 86.5 cm³/mol. The maximum atomic E-state index is 10.6. The molecule has 1 saturated carbocycles. The molecule has 0 heterocycles. The summed E-state index contributed by atoms with van der Waals surface area (Å²) in [6.45, 7) is 8.73. The number of nitrogens with zero attached hydrogens (tertiary/aromatic N) is 1. The first-order valence-corrected chi connectivity index (χ1v) is 8.00. The number of aliphatic hydroxyl groups excluding tert-OH is 1. The third-order valence-electron chi connectivity index (χ3n) is 4.50. The number of hydrogen-bond donors (Lipinski definition) is 1. The summed E-state index contributed by atoms with van der Waals surface area (Å²) in [6.07, 6.45) is 2.22. The van der Waals surface area contributed by atoms with E-state index in [0.29, 0.717) is 12.6 Å². The highest BCUT2D eigenvalue weighted by Crippen LogP contribution is 2.35. The van der Waals surface area contributed by atoms with E-state index in [1.54, 1.807) is 7.11 Å². The maximum Gasteiger partial charge on any atom is 0.0917 e. The molecule has 0 saturated heterocycles. The monoisotopic (exact) mass is 291 g/mol. The Balaban J connectivity index is 2.03. The van der Waals surface area contributed by atoms with Crippen LogP contribution in [0.5, 0.6) is 0 Å². The van der Waals surface area contributed by atoms with Gasteiger partial charge in [0.1, 0.15) is 0 Å². The first-order valence-electron chi connectivity index (χ1n) is 8.00. The minimum Gasteiger partial charge on any atom is -0.387 e. The summed E-state index contributed by atoms with van der Waals surface area (Å²) in [5.41, 5.74) is 3.45. The van der Waals surface area contributed by atoms with E-state index < -0.39 is 6.10 Å². The van der Waals surface area contributed by atoms with Gasteiger partial charge in [0, 0.05) is 26.2 Å². The van der Waals surface area contributed by atoms with E-state index in [2.05, 4.69) is 43.9 Å². The molecule has 1 N–H and O–H groups in total. The largest absolute Gasteiger partial charge is 0.387 e. The van der Waals surface area contributed by atoms with Gasteiger partial charge < -0.3 is 9.84 Å². The standard InChI is InChI=1S/C18H29NO2/c1-13-9-14(2)11-17(10-13)18(20)12-19(7-8-21-4)15(3)16-5-6-16/h9-11,15-16,18,20H,5-8,12H2,1-4H3. The summed E-state index contributed by atoms with van der Waals surface area (Å²) >= 11 is 0. The molecule has 0 radical (unpaired) electrons. The molecule has 0 spiro atoms. The fourth-order valence-corrected chi connectivity index (χ4v) is 3.08. The van der Waals surface area contributed by atoms with Gasteiger partial charge in [-0.15, -0.1) is 0 Å². The van der Waals surface area contributed by atoms with Crippen LogP contribution in [0.2, 0.25) is 0 Å². The summed E-state index contributed by atoms with van der Waals surface area (Å²) in [6, 6.07) is 6.86. The van der Waals surface area contributed by atoms with Crippen LogP contribution in [-0.4, -0.2) is 42.9 Å². The lowest BCUT2D eigenvalue weighted by Crippen LogP contribution is -2.40. The average Bonchev–Trinajstić information content (AvgIpc) is 3.25. The van der Waals surface area contributed by atoms with Gasteiger partial charge in [0.25, 0.3) is 0 Å². The van der Waals surface area contributed by atoms with Crippen molar-refractivity contribution in [3.05, 3.63) is 34.9 Å². The zero-order chi connectivity index (χ0) is 15.4. The second kappa shape index (κ2) is 7.39. The highest BCUT2D eigenvalue weighted by molar-refractivity contribution is 5.30. The van der Waals surface area contributed by atoms with Crippen molar-refractivity contribution < 1.29 is 9.84 Å². The lowest BCUT2D eigenvalue weighted by Gasteiger charge is -2.31. The second-order valence-electron chi connectivity index (χ2n) is 6.50. The van der Waals surface area contributed by atoms with Gasteiger partial charge in [-0.05, 0) is 45.1 Å². The number of hydrogen-bond acceptors (Lipinski definition) is 3. The minimum atomic E-state index is -0.429. The van der Waals surface area contributed by atoms with E-state index in [4.69, 9.17) is 4.74 Å². The van der Waals surface area contributed by atoms with E-state index in [1.807, 2.05) is 0 Å². The van der Waals surface area contributed by atoms with Crippen LogP contribution in [0.15, 0.2) is 18.2 Å². The smallest absolute Gasteiger partial charge is 0.0917 e. The van der Waals surface area contributed by atoms with Crippen LogP contribution in [0.4, 0.5) is 0 Å². The van der Waals surface area contributed by atoms with Crippen LogP contribution < -0.4 is 0 Å². The Morgan fingerprint density at radius 3 is 2.38 bits per heavy atom. The molecule has 2 rings (SSSR count). The molecule has 0 aromatic heterocycles. The van der Waals surface area contributed by atoms with E-state index in [0.717, 1.165) is 24.6 Å². The molecule has 1 aliphatic carbocycles. The Bertz CT molecular complexity index is 436. The quantitative estimate of drug-likeness (QED) is 0.799. The van der Waals surface area contributed by atoms with Crippen LogP contribution in [0.1, 0.15) is 42.6 Å². The fraction of sp³-hybridized carbons (Fsp3) is 0.667. The average molecular weight is 291 g/mol. The number of rotatable bonds is 8. The molecular weight excluding hydrogens is 262 g/mol. The molecule has 3 heteroatoms. The topological polar surface area (TPSA) is 32.7 Å². The normalized spacial score (nSPS) is 18.0. The molecule has 2 atom stereocenters. The van der Waals surface area contributed by atoms with Gasteiger partial charge in [0.2, 0.25) is 0 Å². The third-order valence-corrected chi connectivity index (χ3v) is 4.50. The first kappa shape index (κ1) is 16.5. The van der Waals surface area contributed by atoms with Gasteiger partial charge in [-0.25, -0.2) is 0 Å². The molecule has 3 nitrogen and oxygen atoms in total. The molecule has 2 unspecified atom stereocenters. The maximum absolute atomic E-state index is 10.6. The summed E-state index contributed by atoms with van der Waals surface area (Å²) in [5, 5.41) is 10.6. The molecule has 1 fully saturated rings. The van der Waals surface area contributed by atoms with E-state index in [1.165, 1.54) is 24.0 Å². The van der Waals surface area contributed by atoms with Crippen molar-refractivity contribution in [3.63, 3.8) is 0 Å². The highest BCUT2D eigenvalue weighted by Gasteiger charge is 2.32. The molecule has 118 valence electrons. The summed E-state index contributed by atoms with van der Waals surface area (Å²) in [4.78, 5) is 2.38. The predicted octanol–water partition coefficient (Wildman–Crippen LogP) is 3.08. The molecule has 21 heavy (non-hydrogen) atoms. The molecule has 0 aliphatic heterocycles. The summed E-state index contributed by atoms with van der Waals surface area (Å²) < 4.78 is 5.22. The molecule has 1 aromatic carbocycles. The van der Waals surface area contributed by atoms with Crippen LogP contribution in [-0.2, 0) is 4.74 Å². The van der Waals surface area contributed by atoms with Crippen LogP contribution in [0.25, 0.3) is 0 Å². The Morgan fingerprint density at radius 1 is 1.24 bits per heavy atom. The SMILES string of the molecule is COCCN(CC(O)c1cc(C)cc(C)c1)C(C)C1CC1. The van der Waals surface area contributed by atoms with Gasteiger partial charge in [0.15, 0.2) is 0 Å². The van der Waals surface area contributed by atoms with Crippen molar-refractivity contribution in [2.75, 3.05) is 26.8 Å². The number of benzene rings is 1. The zero-order valence-corrected chi connectivity index (χ0v) is 13.8. The summed E-state index contributed by atoms with van der Waals surface area (Å²) in [7, 11) is 1.74. The van der Waals surface area contributed by atoms with Crippen molar-refractivity contribution in [2.45, 2.75) is 45.8 Å². The number of aryl methyl sites for hydroxylation is 2. The van der Waals surface area contributed by atoms with Crippen molar-refractivity contribution in [3.8, 4) is 0 Å². The van der Waals surface area contributed by atoms with E-state index in [9.17, 15) is 5.11 Å². The fourth-order valence-electron chi connectivity index (χ4n) is 3.08. The summed E-state index contributed by atoms with van der Waals surface area (Å²) in [5.74, 6) is 0.799. The van der Waals surface area contributed by atoms with E-state index in [-0.39, 0.29) is 0 Å². The zero-order valence-electron chi connectivity index (χ0n) is 13.8. The molecule has 0 amide bonds. The lowest BCUT2D eigenvalue weighted by molar-refractivity contribution is 0.0620. The van der Waals surface area contributed by atoms with Gasteiger partial charge in [-0.1, -0.05) is 29.3 Å².